The Morgan fingerprint density at radius 2 is 1.83 bits per heavy atom. The Morgan fingerprint density at radius 3 is 2.59 bits per heavy atom. The van der Waals surface area contributed by atoms with Gasteiger partial charge in [-0.25, -0.2) is 0 Å². The highest BCUT2D eigenvalue weighted by atomic mass is 79.9. The van der Waals surface area contributed by atoms with Crippen molar-refractivity contribution < 1.29 is 14.3 Å². The van der Waals surface area contributed by atoms with Crippen molar-refractivity contribution >= 4 is 50.8 Å². The van der Waals surface area contributed by atoms with E-state index < -0.39 is 5.91 Å². The first-order chi connectivity index (χ1) is 14.0. The summed E-state index contributed by atoms with van der Waals surface area (Å²) in [6.45, 7) is 0.159. The lowest BCUT2D eigenvalue weighted by Gasteiger charge is -2.10. The smallest absolute Gasteiger partial charge is 0.248 e. The van der Waals surface area contributed by atoms with Crippen LogP contribution in [0.3, 0.4) is 0 Å². The number of hydrogen-bond acceptors (Lipinski definition) is 4. The molecule has 1 aromatic heterocycles. The molecule has 2 aromatic carbocycles. The molecular weight excluding hydrogens is 452 g/mol. The molecule has 148 valence electrons. The number of primary amides is 1. The minimum Gasteiger partial charge on any atom is -0.491 e. The van der Waals surface area contributed by atoms with E-state index >= 15 is 0 Å². The Morgan fingerprint density at radius 1 is 1.07 bits per heavy atom. The number of benzene rings is 2. The van der Waals surface area contributed by atoms with E-state index in [1.54, 1.807) is 41.7 Å². The number of carbonyl (C=O) groups is 2. The number of ether oxygens (including phenoxy) is 1. The Kier molecular flexibility index (Phi) is 7.21. The van der Waals surface area contributed by atoms with Gasteiger partial charge < -0.3 is 15.8 Å². The van der Waals surface area contributed by atoms with Gasteiger partial charge in [-0.15, -0.1) is 11.3 Å². The van der Waals surface area contributed by atoms with Gasteiger partial charge in [-0.1, -0.05) is 40.2 Å². The second-order valence-electron chi connectivity index (χ2n) is 6.09. The summed E-state index contributed by atoms with van der Waals surface area (Å²) in [5.74, 6) is -0.216. The summed E-state index contributed by atoms with van der Waals surface area (Å²) in [5.41, 5.74) is 6.78. The molecule has 2 amide bonds. The summed E-state index contributed by atoms with van der Waals surface area (Å²) in [5, 5.41) is 2.80. The highest BCUT2D eigenvalue weighted by Crippen LogP contribution is 2.30. The largest absolute Gasteiger partial charge is 0.491 e. The standard InChI is InChI=1S/C22H19BrN2O3S/c23-16-7-5-15(6-8-16)20-11-9-17(29-20)10-12-22(27)25-18-3-1-2-4-19(18)28-14-13-21(24)26/h1-12H,13-14H2,(H2,24,26)(H,25,27)/b12-10+. The van der Waals surface area contributed by atoms with Crippen molar-refractivity contribution in [3.8, 4) is 16.2 Å². The molecule has 0 atom stereocenters. The molecule has 0 aliphatic rings. The maximum Gasteiger partial charge on any atom is 0.248 e. The van der Waals surface area contributed by atoms with Gasteiger partial charge in [0.1, 0.15) is 5.75 Å². The molecule has 7 heteroatoms. The van der Waals surface area contributed by atoms with Crippen molar-refractivity contribution in [3.63, 3.8) is 0 Å². The molecule has 0 aliphatic carbocycles. The van der Waals surface area contributed by atoms with Crippen molar-refractivity contribution in [2.45, 2.75) is 6.42 Å². The number of nitrogens with two attached hydrogens (primary N) is 1. The van der Waals surface area contributed by atoms with Crippen molar-refractivity contribution in [2.75, 3.05) is 11.9 Å². The van der Waals surface area contributed by atoms with Crippen molar-refractivity contribution in [2.24, 2.45) is 5.73 Å². The van der Waals surface area contributed by atoms with Gasteiger partial charge in [0.05, 0.1) is 18.7 Å². The molecule has 0 spiro atoms. The molecule has 0 fully saturated rings. The lowest BCUT2D eigenvalue weighted by Crippen LogP contribution is -2.15. The summed E-state index contributed by atoms with van der Waals surface area (Å²) in [6.07, 6.45) is 3.37. The monoisotopic (exact) mass is 470 g/mol. The fourth-order valence-corrected chi connectivity index (χ4v) is 3.68. The third-order valence-electron chi connectivity index (χ3n) is 3.91. The maximum absolute atomic E-state index is 12.3. The topological polar surface area (TPSA) is 81.4 Å². The molecule has 0 saturated heterocycles. The predicted molar refractivity (Wildman–Crippen MR) is 121 cm³/mol. The van der Waals surface area contributed by atoms with Gasteiger partial charge in [0.15, 0.2) is 0 Å². The second-order valence-corrected chi connectivity index (χ2v) is 8.12. The molecule has 3 N–H and O–H groups in total. The van der Waals surface area contributed by atoms with E-state index in [1.165, 1.54) is 6.08 Å². The van der Waals surface area contributed by atoms with Crippen LogP contribution in [0.4, 0.5) is 5.69 Å². The van der Waals surface area contributed by atoms with Gasteiger partial charge in [0, 0.05) is 20.3 Å². The van der Waals surface area contributed by atoms with E-state index in [9.17, 15) is 9.59 Å². The van der Waals surface area contributed by atoms with Gasteiger partial charge in [-0.05, 0) is 48.0 Å². The van der Waals surface area contributed by atoms with Crippen molar-refractivity contribution in [1.29, 1.82) is 0 Å². The third-order valence-corrected chi connectivity index (χ3v) is 5.53. The second kappa shape index (κ2) is 10.0. The molecule has 0 bridgehead atoms. The zero-order valence-electron chi connectivity index (χ0n) is 15.4. The number of anilines is 1. The van der Waals surface area contributed by atoms with Crippen LogP contribution in [0, 0.1) is 0 Å². The molecule has 5 nitrogen and oxygen atoms in total. The van der Waals surface area contributed by atoms with E-state index in [0.717, 1.165) is 19.8 Å². The average Bonchev–Trinajstić information content (AvgIpc) is 3.17. The van der Waals surface area contributed by atoms with Gasteiger partial charge in [-0.2, -0.15) is 0 Å². The Balaban J connectivity index is 1.62. The molecule has 0 saturated carbocycles. The van der Waals surface area contributed by atoms with Crippen molar-refractivity contribution in [1.82, 2.24) is 0 Å². The molecule has 0 radical (unpaired) electrons. The Hall–Kier alpha value is -2.90. The highest BCUT2D eigenvalue weighted by molar-refractivity contribution is 9.10. The van der Waals surface area contributed by atoms with Gasteiger partial charge in [0.25, 0.3) is 0 Å². The molecule has 1 heterocycles. The van der Waals surface area contributed by atoms with Crippen LogP contribution in [0.1, 0.15) is 11.3 Å². The molecule has 29 heavy (non-hydrogen) atoms. The molecule has 3 aromatic rings. The number of amides is 2. The third kappa shape index (κ3) is 6.30. The van der Waals surface area contributed by atoms with E-state index in [1.807, 2.05) is 36.4 Å². The number of nitrogens with one attached hydrogen (secondary N) is 1. The van der Waals surface area contributed by atoms with Crippen LogP contribution in [0.25, 0.3) is 16.5 Å². The predicted octanol–water partition coefficient (Wildman–Crippen LogP) is 5.08. The van der Waals surface area contributed by atoms with E-state index in [-0.39, 0.29) is 18.9 Å². The molecule has 0 aliphatic heterocycles. The minimum absolute atomic E-state index is 0.112. The van der Waals surface area contributed by atoms with E-state index in [0.29, 0.717) is 11.4 Å². The first-order valence-corrected chi connectivity index (χ1v) is 10.5. The fraction of sp³-hybridized carbons (Fsp3) is 0.0909. The van der Waals surface area contributed by atoms with Crippen LogP contribution < -0.4 is 15.8 Å². The minimum atomic E-state index is -0.437. The van der Waals surface area contributed by atoms with Crippen LogP contribution in [-0.2, 0) is 9.59 Å². The normalized spacial score (nSPS) is 10.8. The summed E-state index contributed by atoms with van der Waals surface area (Å²) in [6, 6.07) is 19.2. The van der Waals surface area contributed by atoms with Crippen molar-refractivity contribution in [3.05, 3.63) is 76.1 Å². The van der Waals surface area contributed by atoms with E-state index in [4.69, 9.17) is 10.5 Å². The zero-order valence-corrected chi connectivity index (χ0v) is 17.8. The fourth-order valence-electron chi connectivity index (χ4n) is 2.50. The average molecular weight is 471 g/mol. The zero-order chi connectivity index (χ0) is 20.6. The van der Waals surface area contributed by atoms with Gasteiger partial charge >= 0.3 is 0 Å². The Bertz CT molecular complexity index is 1030. The SMILES string of the molecule is NC(=O)CCOc1ccccc1NC(=O)/C=C/c1ccc(-c2ccc(Br)cc2)s1. The van der Waals surface area contributed by atoms with Crippen LogP contribution in [-0.4, -0.2) is 18.4 Å². The first-order valence-electron chi connectivity index (χ1n) is 8.86. The number of halogens is 1. The van der Waals surface area contributed by atoms with Crippen LogP contribution in [0.2, 0.25) is 0 Å². The summed E-state index contributed by atoms with van der Waals surface area (Å²) in [4.78, 5) is 25.3. The maximum atomic E-state index is 12.3. The lowest BCUT2D eigenvalue weighted by atomic mass is 10.2. The number of rotatable bonds is 8. The van der Waals surface area contributed by atoms with Crippen LogP contribution in [0.5, 0.6) is 5.75 Å². The number of para-hydroxylation sites is 2. The number of hydrogen-bond donors (Lipinski definition) is 2. The number of carbonyl (C=O) groups excluding carboxylic acids is 2. The van der Waals surface area contributed by atoms with E-state index in [2.05, 4.69) is 21.2 Å². The lowest BCUT2D eigenvalue weighted by molar-refractivity contribution is -0.118. The summed E-state index contributed by atoms with van der Waals surface area (Å²) < 4.78 is 6.57. The van der Waals surface area contributed by atoms with Crippen LogP contribution >= 0.6 is 27.3 Å². The first kappa shape index (κ1) is 20.8. The summed E-state index contributed by atoms with van der Waals surface area (Å²) in [7, 11) is 0. The highest BCUT2D eigenvalue weighted by Gasteiger charge is 2.07. The number of thiophene rings is 1. The van der Waals surface area contributed by atoms with Gasteiger partial charge in [-0.3, -0.25) is 9.59 Å². The van der Waals surface area contributed by atoms with Crippen LogP contribution in [0.15, 0.2) is 71.2 Å². The van der Waals surface area contributed by atoms with Gasteiger partial charge in [0.2, 0.25) is 11.8 Å². The molecule has 3 rings (SSSR count). The Labute approximate surface area is 181 Å². The molecular formula is C22H19BrN2O3S. The quantitative estimate of drug-likeness (QED) is 0.450. The summed E-state index contributed by atoms with van der Waals surface area (Å²) >= 11 is 5.04. The molecule has 0 unspecified atom stereocenters.